The van der Waals surface area contributed by atoms with Crippen LogP contribution in [0.2, 0.25) is 0 Å². The summed E-state index contributed by atoms with van der Waals surface area (Å²) in [6.07, 6.45) is 16.2. The molecule has 1 aliphatic heterocycles. The standard InChI is InChI=1S/C22H32N4O2S.CH3Br/c1-6-13-19(20(7-2)28-5)16-24-25-21(27)17-29-22-23-15-12-10-9-11-14-18(4)26(22)8-3;1-2/h6-7,10-14,16,18H,1,8-9,15,17H2,2-5H3,(H,25,27);1H3/b12-10-,14-11-,19-13-,20-7+,23-22?,24-16+;. The van der Waals surface area contributed by atoms with Gasteiger partial charge in [0.2, 0.25) is 0 Å². The number of hydrogen-bond donors (Lipinski definition) is 1. The highest BCUT2D eigenvalue weighted by Gasteiger charge is 2.16. The summed E-state index contributed by atoms with van der Waals surface area (Å²) in [5, 5.41) is 4.89. The zero-order valence-corrected chi connectivity index (χ0v) is 21.6. The highest BCUT2D eigenvalue weighted by molar-refractivity contribution is 9.08. The van der Waals surface area contributed by atoms with E-state index in [1.165, 1.54) is 11.8 Å². The third-order valence-corrected chi connectivity index (χ3v) is 5.08. The predicted molar refractivity (Wildman–Crippen MR) is 140 cm³/mol. The van der Waals surface area contributed by atoms with Gasteiger partial charge in [0.1, 0.15) is 5.76 Å². The van der Waals surface area contributed by atoms with Gasteiger partial charge < -0.3 is 9.64 Å². The van der Waals surface area contributed by atoms with Crippen LogP contribution >= 0.6 is 27.7 Å². The van der Waals surface area contributed by atoms with Gasteiger partial charge in [0.25, 0.3) is 5.91 Å². The third-order valence-electron chi connectivity index (χ3n) is 4.05. The average molecular weight is 512 g/mol. The molecule has 1 heterocycles. The maximum absolute atomic E-state index is 12.3. The predicted octanol–water partition coefficient (Wildman–Crippen LogP) is 5.08. The Labute approximate surface area is 200 Å². The Morgan fingerprint density at radius 2 is 2.19 bits per heavy atom. The van der Waals surface area contributed by atoms with E-state index in [4.69, 9.17) is 4.74 Å². The number of ether oxygens (including phenoxy) is 1. The topological polar surface area (TPSA) is 66.3 Å². The molecule has 8 heteroatoms. The molecular weight excluding hydrogens is 476 g/mol. The Bertz CT molecular complexity index is 727. The number of carbonyl (C=O) groups excluding carboxylic acids is 1. The van der Waals surface area contributed by atoms with Crippen molar-refractivity contribution in [3.8, 4) is 0 Å². The summed E-state index contributed by atoms with van der Waals surface area (Å²) in [6, 6.07) is 0.221. The Morgan fingerprint density at radius 1 is 1.45 bits per heavy atom. The number of carbonyl (C=O) groups is 1. The number of halogens is 1. The van der Waals surface area contributed by atoms with Crippen LogP contribution in [-0.2, 0) is 9.53 Å². The minimum atomic E-state index is -0.196. The number of amides is 1. The van der Waals surface area contributed by atoms with Gasteiger partial charge >= 0.3 is 0 Å². The number of likely N-dealkylation sites (N-methyl/N-ethyl adjacent to an activating group) is 1. The van der Waals surface area contributed by atoms with Crippen LogP contribution in [0.4, 0.5) is 0 Å². The Hall–Kier alpha value is -2.06. The summed E-state index contributed by atoms with van der Waals surface area (Å²) in [5.41, 5.74) is 3.28. The molecule has 0 aromatic carbocycles. The summed E-state index contributed by atoms with van der Waals surface area (Å²) in [7, 11) is 1.58. The van der Waals surface area contributed by atoms with E-state index in [0.29, 0.717) is 12.3 Å². The molecule has 0 bridgehead atoms. The largest absolute Gasteiger partial charge is 0.496 e. The van der Waals surface area contributed by atoms with Crippen LogP contribution in [0, 0.1) is 0 Å². The molecule has 1 N–H and O–H groups in total. The maximum Gasteiger partial charge on any atom is 0.250 e. The maximum atomic E-state index is 12.3. The number of hydrazone groups is 1. The second-order valence-corrected chi connectivity index (χ2v) is 7.02. The van der Waals surface area contributed by atoms with Crippen LogP contribution in [0.1, 0.15) is 27.2 Å². The number of methoxy groups -OCH3 is 1. The van der Waals surface area contributed by atoms with E-state index in [9.17, 15) is 4.79 Å². The van der Waals surface area contributed by atoms with Crippen LogP contribution in [0.5, 0.6) is 0 Å². The Kier molecular flexibility index (Phi) is 17.4. The lowest BCUT2D eigenvalue weighted by molar-refractivity contribution is -0.118. The molecule has 0 aromatic rings. The van der Waals surface area contributed by atoms with Crippen molar-refractivity contribution < 1.29 is 9.53 Å². The van der Waals surface area contributed by atoms with Gasteiger partial charge in [-0.3, -0.25) is 9.79 Å². The lowest BCUT2D eigenvalue weighted by Gasteiger charge is -2.29. The third kappa shape index (κ3) is 11.8. The number of nitrogens with one attached hydrogen (secondary N) is 1. The monoisotopic (exact) mass is 510 g/mol. The molecule has 0 spiro atoms. The normalized spacial score (nSPS) is 19.6. The van der Waals surface area contributed by atoms with E-state index in [1.807, 2.05) is 24.9 Å². The van der Waals surface area contributed by atoms with Crippen LogP contribution in [0.3, 0.4) is 0 Å². The summed E-state index contributed by atoms with van der Waals surface area (Å²) in [6.45, 7) is 11.2. The molecule has 0 saturated heterocycles. The lowest BCUT2D eigenvalue weighted by atomic mass is 10.2. The zero-order valence-electron chi connectivity index (χ0n) is 19.2. The van der Waals surface area contributed by atoms with Gasteiger partial charge in [0.15, 0.2) is 5.17 Å². The highest BCUT2D eigenvalue weighted by atomic mass is 79.9. The number of allylic oxidation sites excluding steroid dienone is 6. The van der Waals surface area contributed by atoms with Crippen LogP contribution in [-0.4, -0.2) is 60.0 Å². The molecule has 1 aliphatic rings. The fraction of sp³-hybridized carbons (Fsp3) is 0.435. The first-order valence-electron chi connectivity index (χ1n) is 10.1. The fourth-order valence-electron chi connectivity index (χ4n) is 2.63. The number of aliphatic imine (C=N–C) groups is 1. The quantitative estimate of drug-likeness (QED) is 0.123. The van der Waals surface area contributed by atoms with Crippen molar-refractivity contribution in [3.05, 3.63) is 60.4 Å². The SMILES string of the molecule is C=C/C=C(/C=N/NC(=O)CSC1=NC/C=C\C/C=C\C(C)N1CC)C(=C/C)\OC.CBr. The minimum Gasteiger partial charge on any atom is -0.496 e. The van der Waals surface area contributed by atoms with Gasteiger partial charge in [0.05, 0.1) is 25.6 Å². The number of hydrogen-bond acceptors (Lipinski definition) is 6. The van der Waals surface area contributed by atoms with E-state index >= 15 is 0 Å². The fourth-order valence-corrected chi connectivity index (χ4v) is 3.58. The van der Waals surface area contributed by atoms with Crippen molar-refractivity contribution in [2.75, 3.05) is 31.8 Å². The Balaban J connectivity index is 0.00000436. The molecule has 31 heavy (non-hydrogen) atoms. The molecule has 1 atom stereocenters. The van der Waals surface area contributed by atoms with E-state index in [0.717, 1.165) is 23.7 Å². The van der Waals surface area contributed by atoms with Crippen molar-refractivity contribution in [1.29, 1.82) is 0 Å². The molecule has 0 saturated carbocycles. The second kappa shape index (κ2) is 18.7. The second-order valence-electron chi connectivity index (χ2n) is 6.08. The molecule has 172 valence electrons. The molecule has 6 nitrogen and oxygen atoms in total. The van der Waals surface area contributed by atoms with E-state index < -0.39 is 0 Å². The van der Waals surface area contributed by atoms with Crippen LogP contribution in [0.25, 0.3) is 0 Å². The summed E-state index contributed by atoms with van der Waals surface area (Å²) in [5.74, 6) is 2.50. The van der Waals surface area contributed by atoms with Crippen molar-refractivity contribution in [1.82, 2.24) is 10.3 Å². The van der Waals surface area contributed by atoms with E-state index in [1.54, 1.807) is 25.5 Å². The van der Waals surface area contributed by atoms with Crippen molar-refractivity contribution in [2.45, 2.75) is 33.2 Å². The highest BCUT2D eigenvalue weighted by Crippen LogP contribution is 2.15. The van der Waals surface area contributed by atoms with E-state index in [-0.39, 0.29) is 17.7 Å². The van der Waals surface area contributed by atoms with Gasteiger partial charge in [-0.15, -0.1) is 0 Å². The summed E-state index contributed by atoms with van der Waals surface area (Å²) < 4.78 is 5.28. The molecule has 0 fully saturated rings. The minimum absolute atomic E-state index is 0.196. The first kappa shape index (κ1) is 28.9. The molecule has 1 rings (SSSR count). The smallest absolute Gasteiger partial charge is 0.250 e. The first-order valence-corrected chi connectivity index (χ1v) is 12.6. The van der Waals surface area contributed by atoms with Gasteiger partial charge in [-0.25, -0.2) is 5.43 Å². The van der Waals surface area contributed by atoms with E-state index in [2.05, 4.69) is 75.0 Å². The molecule has 1 amide bonds. The number of rotatable bonds is 8. The number of amidine groups is 1. The lowest BCUT2D eigenvalue weighted by Crippen LogP contribution is -2.37. The van der Waals surface area contributed by atoms with Gasteiger partial charge in [-0.1, -0.05) is 70.7 Å². The summed E-state index contributed by atoms with van der Waals surface area (Å²) >= 11 is 4.36. The first-order chi connectivity index (χ1) is 15.1. The molecule has 0 aromatic heterocycles. The van der Waals surface area contributed by atoms with Gasteiger partial charge in [0, 0.05) is 18.2 Å². The van der Waals surface area contributed by atoms with Gasteiger partial charge in [-0.2, -0.15) is 5.10 Å². The number of thioether (sulfide) groups is 1. The van der Waals surface area contributed by atoms with Crippen molar-refractivity contribution in [3.63, 3.8) is 0 Å². The Morgan fingerprint density at radius 3 is 2.81 bits per heavy atom. The molecule has 1 unspecified atom stereocenters. The zero-order chi connectivity index (χ0) is 23.5. The van der Waals surface area contributed by atoms with Crippen LogP contribution in [0.15, 0.2) is 70.5 Å². The number of nitrogens with zero attached hydrogens (tertiary/aromatic N) is 3. The van der Waals surface area contributed by atoms with Crippen molar-refractivity contribution >= 4 is 45.0 Å². The molecular formula is C23H35BrN4O2S. The van der Waals surface area contributed by atoms with Gasteiger partial charge in [-0.05, 0) is 39.1 Å². The average Bonchev–Trinajstić information content (AvgIpc) is 2.78. The van der Waals surface area contributed by atoms with Crippen LogP contribution < -0.4 is 5.43 Å². The number of alkyl halides is 1. The van der Waals surface area contributed by atoms with Crippen molar-refractivity contribution in [2.24, 2.45) is 10.1 Å². The summed E-state index contributed by atoms with van der Waals surface area (Å²) in [4.78, 5) is 19.1. The molecule has 0 aliphatic carbocycles. The molecule has 0 radical (unpaired) electrons.